The summed E-state index contributed by atoms with van der Waals surface area (Å²) < 4.78 is 7.63. The van der Waals surface area contributed by atoms with E-state index in [0.717, 1.165) is 16.5 Å². The number of hydrogen-bond donors (Lipinski definition) is 0. The molecule has 0 radical (unpaired) electrons. The zero-order valence-electron chi connectivity index (χ0n) is 15.5. The molecular weight excluding hydrogens is 318 g/mol. The molecule has 0 spiro atoms. The second-order valence-corrected chi connectivity index (χ2v) is 7.16. The molecule has 1 aliphatic rings. The summed E-state index contributed by atoms with van der Waals surface area (Å²) in [5.41, 5.74) is 1.81. The summed E-state index contributed by atoms with van der Waals surface area (Å²) in [6.45, 7) is 4.87. The lowest BCUT2D eigenvalue weighted by atomic mass is 10.0. The smallest absolute Gasteiger partial charge is 0.270 e. The first-order valence-corrected chi connectivity index (χ1v) is 8.44. The number of carbonyl (C=O) groups excluding carboxylic acids is 2. The number of hydrogen-bond acceptors (Lipinski definition) is 3. The number of nitrogens with zero attached hydrogens (tertiary/aromatic N) is 3. The van der Waals surface area contributed by atoms with Gasteiger partial charge in [-0.2, -0.15) is 0 Å². The van der Waals surface area contributed by atoms with Gasteiger partial charge in [-0.15, -0.1) is 0 Å². The van der Waals surface area contributed by atoms with Crippen LogP contribution in [0.1, 0.15) is 23.0 Å². The third-order valence-corrected chi connectivity index (χ3v) is 4.84. The van der Waals surface area contributed by atoms with E-state index in [4.69, 9.17) is 4.74 Å². The van der Waals surface area contributed by atoms with Gasteiger partial charge in [0.05, 0.1) is 13.2 Å². The molecule has 1 aromatic heterocycles. The van der Waals surface area contributed by atoms with E-state index >= 15 is 0 Å². The maximum absolute atomic E-state index is 13.1. The Morgan fingerprint density at radius 1 is 1.24 bits per heavy atom. The van der Waals surface area contributed by atoms with Crippen LogP contribution in [-0.4, -0.2) is 65.6 Å². The topological polar surface area (TPSA) is 54.8 Å². The molecule has 6 heteroatoms. The van der Waals surface area contributed by atoms with Gasteiger partial charge in [-0.05, 0) is 32.0 Å². The molecule has 134 valence electrons. The second kappa shape index (κ2) is 6.19. The highest BCUT2D eigenvalue weighted by atomic mass is 16.5. The van der Waals surface area contributed by atoms with E-state index in [1.165, 1.54) is 4.90 Å². The zero-order chi connectivity index (χ0) is 18.4. The third-order valence-electron chi connectivity index (χ3n) is 4.84. The number of benzene rings is 1. The Morgan fingerprint density at radius 2 is 1.96 bits per heavy atom. The Kier molecular flexibility index (Phi) is 4.33. The first kappa shape index (κ1) is 17.5. The highest BCUT2D eigenvalue weighted by Gasteiger charge is 2.42. The van der Waals surface area contributed by atoms with Crippen LogP contribution in [0.3, 0.4) is 0 Å². The Labute approximate surface area is 147 Å². The molecule has 0 aliphatic carbocycles. The van der Waals surface area contributed by atoms with E-state index < -0.39 is 5.60 Å². The molecule has 1 saturated heterocycles. The molecule has 0 saturated carbocycles. The second-order valence-electron chi connectivity index (χ2n) is 7.16. The van der Waals surface area contributed by atoms with Crippen molar-refractivity contribution in [3.8, 4) is 0 Å². The van der Waals surface area contributed by atoms with E-state index in [1.807, 2.05) is 36.7 Å². The highest BCUT2D eigenvalue weighted by molar-refractivity contribution is 5.99. The van der Waals surface area contributed by atoms with E-state index in [0.29, 0.717) is 18.8 Å². The average molecular weight is 343 g/mol. The van der Waals surface area contributed by atoms with Crippen LogP contribution in [0, 0.1) is 6.92 Å². The molecule has 1 atom stereocenters. The SMILES string of the molecule is Cc1ccc2c(c1)cc(C(=O)N1CCO[C@@](C)(C(=O)N(C)C)C1)n2C. The molecule has 0 unspecified atom stereocenters. The molecule has 2 heterocycles. The Balaban J connectivity index is 1.90. The van der Waals surface area contributed by atoms with Crippen LogP contribution in [0.5, 0.6) is 0 Å². The van der Waals surface area contributed by atoms with Crippen molar-refractivity contribution >= 4 is 22.7 Å². The van der Waals surface area contributed by atoms with E-state index in [2.05, 4.69) is 6.07 Å². The van der Waals surface area contributed by atoms with Crippen molar-refractivity contribution in [3.63, 3.8) is 0 Å². The van der Waals surface area contributed by atoms with Crippen molar-refractivity contribution in [1.82, 2.24) is 14.4 Å². The average Bonchev–Trinajstić information content (AvgIpc) is 2.89. The molecule has 25 heavy (non-hydrogen) atoms. The van der Waals surface area contributed by atoms with Crippen molar-refractivity contribution in [2.45, 2.75) is 19.4 Å². The van der Waals surface area contributed by atoms with Gasteiger partial charge in [0, 0.05) is 38.6 Å². The number of ether oxygens (including phenoxy) is 1. The summed E-state index contributed by atoms with van der Waals surface area (Å²) in [6, 6.07) is 8.06. The van der Waals surface area contributed by atoms with Gasteiger partial charge in [0.25, 0.3) is 11.8 Å². The van der Waals surface area contributed by atoms with Crippen LogP contribution in [0.2, 0.25) is 0 Å². The minimum atomic E-state index is -1.00. The molecule has 0 N–H and O–H groups in total. The summed E-state index contributed by atoms with van der Waals surface area (Å²) in [7, 11) is 5.30. The van der Waals surface area contributed by atoms with Gasteiger partial charge in [0.2, 0.25) is 0 Å². The van der Waals surface area contributed by atoms with Crippen molar-refractivity contribution in [2.75, 3.05) is 33.8 Å². The summed E-state index contributed by atoms with van der Waals surface area (Å²) in [4.78, 5) is 28.7. The molecule has 3 rings (SSSR count). The fourth-order valence-corrected chi connectivity index (χ4v) is 3.48. The van der Waals surface area contributed by atoms with Crippen LogP contribution in [0.25, 0.3) is 10.9 Å². The molecule has 2 amide bonds. The number of rotatable bonds is 2. The summed E-state index contributed by atoms with van der Waals surface area (Å²) in [5.74, 6) is -0.199. The monoisotopic (exact) mass is 343 g/mol. The molecule has 1 aromatic carbocycles. The van der Waals surface area contributed by atoms with Crippen molar-refractivity contribution in [2.24, 2.45) is 7.05 Å². The molecule has 1 fully saturated rings. The largest absolute Gasteiger partial charge is 0.362 e. The van der Waals surface area contributed by atoms with Gasteiger partial charge < -0.3 is 19.1 Å². The predicted octanol–water partition coefficient (Wildman–Crippen LogP) is 1.81. The van der Waals surface area contributed by atoms with Gasteiger partial charge in [0.1, 0.15) is 5.69 Å². The fraction of sp³-hybridized carbons (Fsp3) is 0.474. The Bertz CT molecular complexity index is 840. The number of carbonyl (C=O) groups is 2. The van der Waals surface area contributed by atoms with E-state index in [9.17, 15) is 9.59 Å². The Morgan fingerprint density at radius 3 is 2.64 bits per heavy atom. The first-order chi connectivity index (χ1) is 11.7. The van der Waals surface area contributed by atoms with Gasteiger partial charge in [0.15, 0.2) is 5.60 Å². The highest BCUT2D eigenvalue weighted by Crippen LogP contribution is 2.24. The van der Waals surface area contributed by atoms with Gasteiger partial charge >= 0.3 is 0 Å². The maximum Gasteiger partial charge on any atom is 0.270 e. The number of amides is 2. The molecule has 6 nitrogen and oxygen atoms in total. The van der Waals surface area contributed by atoms with Gasteiger partial charge in [-0.1, -0.05) is 11.6 Å². The van der Waals surface area contributed by atoms with Crippen LogP contribution >= 0.6 is 0 Å². The zero-order valence-corrected chi connectivity index (χ0v) is 15.5. The normalized spacial score (nSPS) is 20.8. The van der Waals surface area contributed by atoms with Crippen LogP contribution in [-0.2, 0) is 16.6 Å². The van der Waals surface area contributed by atoms with Crippen molar-refractivity contribution in [3.05, 3.63) is 35.5 Å². The Hall–Kier alpha value is -2.34. The lowest BCUT2D eigenvalue weighted by Crippen LogP contribution is -2.59. The van der Waals surface area contributed by atoms with Gasteiger partial charge in [-0.3, -0.25) is 9.59 Å². The van der Waals surface area contributed by atoms with Crippen LogP contribution in [0.4, 0.5) is 0 Å². The molecule has 1 aliphatic heterocycles. The number of likely N-dealkylation sites (N-methyl/N-ethyl adjacent to an activating group) is 1. The predicted molar refractivity (Wildman–Crippen MR) is 96.6 cm³/mol. The third kappa shape index (κ3) is 3.02. The maximum atomic E-state index is 13.1. The number of aromatic nitrogens is 1. The summed E-state index contributed by atoms with van der Waals surface area (Å²) in [5, 5.41) is 1.05. The van der Waals surface area contributed by atoms with Crippen LogP contribution in [0.15, 0.2) is 24.3 Å². The summed E-state index contributed by atoms with van der Waals surface area (Å²) in [6.07, 6.45) is 0. The number of morpholine rings is 1. The minimum Gasteiger partial charge on any atom is -0.362 e. The van der Waals surface area contributed by atoms with E-state index in [-0.39, 0.29) is 18.4 Å². The quantitative estimate of drug-likeness (QED) is 0.836. The minimum absolute atomic E-state index is 0.0718. The first-order valence-electron chi connectivity index (χ1n) is 8.44. The van der Waals surface area contributed by atoms with E-state index in [1.54, 1.807) is 25.9 Å². The molecule has 0 bridgehead atoms. The lowest BCUT2D eigenvalue weighted by Gasteiger charge is -2.40. The molecular formula is C19H25N3O3. The van der Waals surface area contributed by atoms with Gasteiger partial charge in [-0.25, -0.2) is 0 Å². The molecule has 2 aromatic rings. The fourth-order valence-electron chi connectivity index (χ4n) is 3.48. The van der Waals surface area contributed by atoms with Crippen LogP contribution < -0.4 is 0 Å². The van der Waals surface area contributed by atoms with Crippen molar-refractivity contribution < 1.29 is 14.3 Å². The van der Waals surface area contributed by atoms with Crippen molar-refractivity contribution in [1.29, 1.82) is 0 Å². The summed E-state index contributed by atoms with van der Waals surface area (Å²) >= 11 is 0. The lowest BCUT2D eigenvalue weighted by molar-refractivity contribution is -0.162. The number of aryl methyl sites for hydroxylation is 2. The number of fused-ring (bicyclic) bond motifs is 1. The standard InChI is InChI=1S/C19H25N3O3/c1-13-6-7-15-14(10-13)11-16(21(15)5)17(23)22-8-9-25-19(2,12-22)18(24)20(3)4/h6-7,10-11H,8-9,12H2,1-5H3/t19-/m1/s1.